The second kappa shape index (κ2) is 10.3. The molecule has 3 aromatic carbocycles. The van der Waals surface area contributed by atoms with E-state index in [1.165, 1.54) is 5.56 Å². The quantitative estimate of drug-likeness (QED) is 0.264. The molecule has 1 aliphatic heterocycles. The average molecular weight is 485 g/mol. The number of hydrogen-bond donors (Lipinski definition) is 0. The molecule has 4 aromatic rings. The minimum atomic E-state index is -0.514. The van der Waals surface area contributed by atoms with Gasteiger partial charge in [0.05, 0.1) is 18.0 Å². The number of anilines is 1. The molecule has 0 bridgehead atoms. The van der Waals surface area contributed by atoms with E-state index in [-0.39, 0.29) is 5.91 Å². The predicted octanol–water partition coefficient (Wildman–Crippen LogP) is 6.62. The Balaban J connectivity index is 1.31. The Bertz CT molecular complexity index is 1300. The monoisotopic (exact) mass is 484 g/mol. The largest absolute Gasteiger partial charge is 0.494 e. The minimum Gasteiger partial charge on any atom is -0.494 e. The van der Waals surface area contributed by atoms with Crippen molar-refractivity contribution in [1.29, 1.82) is 0 Å². The highest BCUT2D eigenvalue weighted by Gasteiger charge is 2.31. The number of hydrogen-bond acceptors (Lipinski definition) is 5. The molecule has 0 radical (unpaired) electrons. The third kappa shape index (κ3) is 5.08. The number of aromatic nitrogens is 1. The molecule has 5 nitrogen and oxygen atoms in total. The van der Waals surface area contributed by atoms with Crippen LogP contribution in [-0.4, -0.2) is 30.1 Å². The van der Waals surface area contributed by atoms with Crippen LogP contribution in [0.3, 0.4) is 0 Å². The number of amides is 1. The van der Waals surface area contributed by atoms with Gasteiger partial charge in [-0.1, -0.05) is 49.4 Å². The lowest BCUT2D eigenvalue weighted by Crippen LogP contribution is -2.45. The van der Waals surface area contributed by atoms with Gasteiger partial charge in [-0.05, 0) is 55.7 Å². The van der Waals surface area contributed by atoms with Crippen molar-refractivity contribution in [2.75, 3.05) is 18.1 Å². The van der Waals surface area contributed by atoms with E-state index in [1.54, 1.807) is 18.3 Å². The van der Waals surface area contributed by atoms with Gasteiger partial charge in [0.1, 0.15) is 16.5 Å². The number of carbonyl (C=O) groups excluding carboxylic acids is 1. The van der Waals surface area contributed by atoms with Crippen LogP contribution in [0.2, 0.25) is 0 Å². The number of aryl methyl sites for hydroxylation is 1. The first kappa shape index (κ1) is 23.1. The maximum atomic E-state index is 13.0. The molecule has 1 aromatic heterocycles. The van der Waals surface area contributed by atoms with E-state index in [0.29, 0.717) is 19.6 Å². The van der Waals surface area contributed by atoms with Crippen LogP contribution in [0, 0.1) is 0 Å². The first-order valence-corrected chi connectivity index (χ1v) is 12.9. The van der Waals surface area contributed by atoms with Crippen molar-refractivity contribution in [2.24, 2.45) is 0 Å². The Kier molecular flexibility index (Phi) is 6.82. The Morgan fingerprint density at radius 1 is 1.03 bits per heavy atom. The maximum Gasteiger partial charge on any atom is 0.267 e. The van der Waals surface area contributed by atoms with Gasteiger partial charge in [-0.25, -0.2) is 4.98 Å². The summed E-state index contributed by atoms with van der Waals surface area (Å²) < 4.78 is 11.8. The third-order valence-corrected chi connectivity index (χ3v) is 7.01. The van der Waals surface area contributed by atoms with Gasteiger partial charge in [-0.2, -0.15) is 0 Å². The second-order valence-electron chi connectivity index (χ2n) is 8.54. The van der Waals surface area contributed by atoms with E-state index < -0.39 is 6.10 Å². The van der Waals surface area contributed by atoms with E-state index in [2.05, 4.69) is 36.6 Å². The topological polar surface area (TPSA) is 51.7 Å². The van der Waals surface area contributed by atoms with Crippen molar-refractivity contribution >= 4 is 22.9 Å². The molecule has 5 rings (SSSR count). The molecule has 178 valence electrons. The molecule has 0 N–H and O–H groups in total. The predicted molar refractivity (Wildman–Crippen MR) is 141 cm³/mol. The van der Waals surface area contributed by atoms with Crippen LogP contribution in [0.4, 0.5) is 5.69 Å². The summed E-state index contributed by atoms with van der Waals surface area (Å²) in [4.78, 5) is 19.7. The van der Waals surface area contributed by atoms with Gasteiger partial charge in [0.15, 0.2) is 6.10 Å². The highest BCUT2D eigenvalue weighted by atomic mass is 32.1. The summed E-state index contributed by atoms with van der Waals surface area (Å²) in [6, 6.07) is 24.3. The number of fused-ring (bicyclic) bond motifs is 1. The lowest BCUT2D eigenvalue weighted by atomic mass is 10.1. The maximum absolute atomic E-state index is 13.0. The van der Waals surface area contributed by atoms with Gasteiger partial charge in [0, 0.05) is 23.1 Å². The van der Waals surface area contributed by atoms with Gasteiger partial charge < -0.3 is 14.4 Å². The van der Waals surface area contributed by atoms with Crippen LogP contribution < -0.4 is 14.4 Å². The lowest BCUT2D eigenvalue weighted by molar-refractivity contribution is -0.125. The molecule has 1 unspecified atom stereocenters. The molecule has 0 saturated carbocycles. The Morgan fingerprint density at radius 3 is 2.60 bits per heavy atom. The first-order chi connectivity index (χ1) is 17.1. The van der Waals surface area contributed by atoms with Gasteiger partial charge >= 0.3 is 0 Å². The SMILES string of the molecule is CCc1ccc(OCCCN2C(=O)C(C)Oc3ccc(-c4csc(-c5ccccc5)n4)cc32)cc1. The minimum absolute atomic E-state index is 0.0369. The summed E-state index contributed by atoms with van der Waals surface area (Å²) in [5.41, 5.74) is 5.02. The molecule has 1 amide bonds. The zero-order valence-electron chi connectivity index (χ0n) is 19.9. The van der Waals surface area contributed by atoms with E-state index in [4.69, 9.17) is 14.5 Å². The van der Waals surface area contributed by atoms with E-state index in [9.17, 15) is 4.79 Å². The number of thiazole rings is 1. The number of benzene rings is 3. The standard InChI is InChI=1S/C29H28N2O3S/c1-3-21-10-13-24(14-11-21)33-17-7-16-31-26-18-23(12-15-27(26)34-20(2)29(31)32)25-19-35-28(30-25)22-8-5-4-6-9-22/h4-6,8-15,18-20H,3,7,16-17H2,1-2H3. The van der Waals surface area contributed by atoms with Crippen molar-refractivity contribution < 1.29 is 14.3 Å². The fourth-order valence-electron chi connectivity index (χ4n) is 4.15. The van der Waals surface area contributed by atoms with E-state index in [0.717, 1.165) is 45.4 Å². The van der Waals surface area contributed by atoms with Crippen LogP contribution in [-0.2, 0) is 11.2 Å². The average Bonchev–Trinajstić information content (AvgIpc) is 3.40. The molecule has 6 heteroatoms. The van der Waals surface area contributed by atoms with Crippen molar-refractivity contribution in [3.05, 3.63) is 83.7 Å². The van der Waals surface area contributed by atoms with Crippen molar-refractivity contribution in [3.63, 3.8) is 0 Å². The highest BCUT2D eigenvalue weighted by molar-refractivity contribution is 7.13. The third-order valence-electron chi connectivity index (χ3n) is 6.11. The number of ether oxygens (including phenoxy) is 2. The number of carbonyl (C=O) groups is 1. The second-order valence-corrected chi connectivity index (χ2v) is 9.39. The molecule has 0 fully saturated rings. The van der Waals surface area contributed by atoms with Crippen LogP contribution in [0.15, 0.2) is 78.2 Å². The van der Waals surface area contributed by atoms with Gasteiger partial charge in [-0.3, -0.25) is 4.79 Å². The van der Waals surface area contributed by atoms with Crippen molar-refractivity contribution in [3.8, 4) is 33.3 Å². The highest BCUT2D eigenvalue weighted by Crippen LogP contribution is 2.38. The molecule has 0 spiro atoms. The van der Waals surface area contributed by atoms with Gasteiger partial charge in [0.25, 0.3) is 5.91 Å². The first-order valence-electron chi connectivity index (χ1n) is 12.0. The molecule has 2 heterocycles. The molecule has 35 heavy (non-hydrogen) atoms. The normalized spacial score (nSPS) is 15.0. The Labute approximate surface area is 210 Å². The summed E-state index contributed by atoms with van der Waals surface area (Å²) >= 11 is 1.61. The zero-order chi connectivity index (χ0) is 24.2. The van der Waals surface area contributed by atoms with E-state index in [1.807, 2.05) is 53.4 Å². The van der Waals surface area contributed by atoms with E-state index >= 15 is 0 Å². The molecule has 0 aliphatic carbocycles. The lowest BCUT2D eigenvalue weighted by Gasteiger charge is -2.33. The molecule has 0 saturated heterocycles. The van der Waals surface area contributed by atoms with Gasteiger partial charge in [0.2, 0.25) is 0 Å². The van der Waals surface area contributed by atoms with Gasteiger partial charge in [-0.15, -0.1) is 11.3 Å². The van der Waals surface area contributed by atoms with Crippen LogP contribution in [0.25, 0.3) is 21.8 Å². The number of rotatable bonds is 8. The van der Waals surface area contributed by atoms with Crippen LogP contribution in [0.1, 0.15) is 25.8 Å². The molecular formula is C29H28N2O3S. The summed E-state index contributed by atoms with van der Waals surface area (Å²) in [7, 11) is 0. The zero-order valence-corrected chi connectivity index (χ0v) is 20.8. The fourth-order valence-corrected chi connectivity index (χ4v) is 4.99. The molecule has 1 atom stereocenters. The summed E-state index contributed by atoms with van der Waals surface area (Å²) in [6.07, 6.45) is 1.21. The van der Waals surface area contributed by atoms with Crippen LogP contribution in [0.5, 0.6) is 11.5 Å². The van der Waals surface area contributed by atoms with Crippen LogP contribution >= 0.6 is 11.3 Å². The Hall–Kier alpha value is -3.64. The summed E-state index contributed by atoms with van der Waals surface area (Å²) in [5, 5.41) is 3.03. The number of nitrogens with zero attached hydrogens (tertiary/aromatic N) is 2. The summed E-state index contributed by atoms with van der Waals surface area (Å²) in [5.74, 6) is 1.53. The smallest absolute Gasteiger partial charge is 0.267 e. The molecule has 1 aliphatic rings. The Morgan fingerprint density at radius 2 is 1.83 bits per heavy atom. The fraction of sp³-hybridized carbons (Fsp3) is 0.241. The molecular weight excluding hydrogens is 456 g/mol. The van der Waals surface area contributed by atoms with Crippen molar-refractivity contribution in [1.82, 2.24) is 4.98 Å². The van der Waals surface area contributed by atoms with Crippen molar-refractivity contribution in [2.45, 2.75) is 32.8 Å². The summed E-state index contributed by atoms with van der Waals surface area (Å²) in [6.45, 7) is 5.02.